The van der Waals surface area contributed by atoms with E-state index < -0.39 is 0 Å². The van der Waals surface area contributed by atoms with Gasteiger partial charge in [-0.05, 0) is 37.0 Å². The number of fused-ring (bicyclic) bond motifs is 1. The lowest BCUT2D eigenvalue weighted by Crippen LogP contribution is -2.50. The number of rotatable bonds is 5. The summed E-state index contributed by atoms with van der Waals surface area (Å²) in [7, 11) is 0. The lowest BCUT2D eigenvalue weighted by molar-refractivity contribution is 0.111. The second-order valence-electron chi connectivity index (χ2n) is 6.45. The minimum atomic E-state index is 0.124. The molecule has 0 amide bonds. The monoisotopic (exact) mass is 240 g/mol. The molecule has 2 rings (SSSR count). The van der Waals surface area contributed by atoms with Crippen molar-refractivity contribution in [1.29, 1.82) is 0 Å². The molecule has 0 bridgehead atoms. The van der Waals surface area contributed by atoms with Crippen LogP contribution in [0.15, 0.2) is 0 Å². The van der Waals surface area contributed by atoms with E-state index in [1.54, 1.807) is 0 Å². The predicted octanol–water partition coefficient (Wildman–Crippen LogP) is 1.45. The number of aliphatic hydroxyl groups excluding tert-OH is 1. The van der Waals surface area contributed by atoms with Crippen molar-refractivity contribution in [1.82, 2.24) is 4.90 Å². The van der Waals surface area contributed by atoms with E-state index in [4.69, 9.17) is 5.73 Å². The summed E-state index contributed by atoms with van der Waals surface area (Å²) in [6.45, 7) is 6.96. The summed E-state index contributed by atoms with van der Waals surface area (Å²) >= 11 is 0. The topological polar surface area (TPSA) is 49.5 Å². The Morgan fingerprint density at radius 2 is 1.82 bits per heavy atom. The highest BCUT2D eigenvalue weighted by molar-refractivity contribution is 4.94. The second kappa shape index (κ2) is 5.68. The number of hydrogen-bond acceptors (Lipinski definition) is 3. The highest BCUT2D eigenvalue weighted by Gasteiger charge is 2.39. The Morgan fingerprint density at radius 1 is 1.24 bits per heavy atom. The van der Waals surface area contributed by atoms with Crippen LogP contribution in [-0.2, 0) is 0 Å². The van der Waals surface area contributed by atoms with Crippen LogP contribution < -0.4 is 5.73 Å². The summed E-state index contributed by atoms with van der Waals surface area (Å²) in [5.41, 5.74) is 6.26. The highest BCUT2D eigenvalue weighted by atomic mass is 16.3. The van der Waals surface area contributed by atoms with E-state index in [2.05, 4.69) is 18.7 Å². The third-order valence-electron chi connectivity index (χ3n) is 4.65. The van der Waals surface area contributed by atoms with Gasteiger partial charge in [0.15, 0.2) is 0 Å². The Hall–Kier alpha value is -0.120. The lowest BCUT2D eigenvalue weighted by atomic mass is 9.97. The Bertz CT molecular complexity index is 232. The zero-order valence-corrected chi connectivity index (χ0v) is 11.3. The molecule has 3 heteroatoms. The first-order chi connectivity index (χ1) is 8.11. The normalized spacial score (nSPS) is 33.0. The van der Waals surface area contributed by atoms with E-state index in [0.29, 0.717) is 5.92 Å². The van der Waals surface area contributed by atoms with E-state index in [0.717, 1.165) is 18.3 Å². The molecule has 1 saturated heterocycles. The number of likely N-dealkylation sites (tertiary alicyclic amines) is 1. The molecule has 1 saturated carbocycles. The van der Waals surface area contributed by atoms with E-state index in [1.165, 1.54) is 32.4 Å². The lowest BCUT2D eigenvalue weighted by Gasteiger charge is -2.32. The molecule has 0 spiro atoms. The molecule has 2 aliphatic rings. The van der Waals surface area contributed by atoms with Crippen LogP contribution in [0.3, 0.4) is 0 Å². The van der Waals surface area contributed by atoms with Gasteiger partial charge >= 0.3 is 0 Å². The van der Waals surface area contributed by atoms with Gasteiger partial charge in [0.25, 0.3) is 0 Å². The number of hydrogen-bond donors (Lipinski definition) is 2. The Balaban J connectivity index is 1.90. The number of aliphatic hydroxyl groups is 1. The van der Waals surface area contributed by atoms with Crippen LogP contribution in [0.5, 0.6) is 0 Å². The van der Waals surface area contributed by atoms with Crippen molar-refractivity contribution in [2.24, 2.45) is 23.5 Å². The average Bonchev–Trinajstić information content (AvgIpc) is 2.77. The molecule has 3 nitrogen and oxygen atoms in total. The third-order valence-corrected chi connectivity index (χ3v) is 4.65. The molecule has 0 aromatic rings. The highest BCUT2D eigenvalue weighted by Crippen LogP contribution is 2.38. The first kappa shape index (κ1) is 13.3. The van der Waals surface area contributed by atoms with Gasteiger partial charge in [-0.1, -0.05) is 20.3 Å². The second-order valence-corrected chi connectivity index (χ2v) is 6.45. The van der Waals surface area contributed by atoms with Crippen LogP contribution >= 0.6 is 0 Å². The quantitative estimate of drug-likeness (QED) is 0.765. The van der Waals surface area contributed by atoms with E-state index in [-0.39, 0.29) is 18.7 Å². The van der Waals surface area contributed by atoms with Crippen LogP contribution in [0.25, 0.3) is 0 Å². The zero-order valence-electron chi connectivity index (χ0n) is 11.3. The first-order valence-electron chi connectivity index (χ1n) is 7.22. The maximum Gasteiger partial charge on any atom is 0.0601 e. The van der Waals surface area contributed by atoms with Gasteiger partial charge in [-0.2, -0.15) is 0 Å². The van der Waals surface area contributed by atoms with Crippen molar-refractivity contribution in [2.45, 2.75) is 51.6 Å². The Labute approximate surface area is 105 Å². The smallest absolute Gasteiger partial charge is 0.0601 e. The van der Waals surface area contributed by atoms with Gasteiger partial charge < -0.3 is 10.8 Å². The van der Waals surface area contributed by atoms with Crippen molar-refractivity contribution >= 4 is 0 Å². The summed E-state index contributed by atoms with van der Waals surface area (Å²) in [6.07, 6.45) is 5.19. The van der Waals surface area contributed by atoms with Crippen molar-refractivity contribution < 1.29 is 5.11 Å². The fraction of sp³-hybridized carbons (Fsp3) is 1.00. The fourth-order valence-electron chi connectivity index (χ4n) is 3.77. The minimum absolute atomic E-state index is 0.124. The van der Waals surface area contributed by atoms with Gasteiger partial charge in [0.05, 0.1) is 6.61 Å². The molecule has 17 heavy (non-hydrogen) atoms. The van der Waals surface area contributed by atoms with Gasteiger partial charge in [-0.3, -0.25) is 4.90 Å². The summed E-state index contributed by atoms with van der Waals surface area (Å²) in [5.74, 6) is 2.38. The molecular formula is C14H28N2O. The van der Waals surface area contributed by atoms with E-state index >= 15 is 0 Å². The third kappa shape index (κ3) is 3.01. The fourth-order valence-corrected chi connectivity index (χ4v) is 3.77. The maximum absolute atomic E-state index is 9.61. The Morgan fingerprint density at radius 3 is 2.29 bits per heavy atom. The molecule has 2 fully saturated rings. The average molecular weight is 240 g/mol. The van der Waals surface area contributed by atoms with Gasteiger partial charge in [0.2, 0.25) is 0 Å². The summed E-state index contributed by atoms with van der Waals surface area (Å²) in [5, 5.41) is 9.61. The van der Waals surface area contributed by atoms with E-state index in [1.807, 2.05) is 0 Å². The van der Waals surface area contributed by atoms with Crippen LogP contribution in [0.1, 0.15) is 39.5 Å². The summed E-state index contributed by atoms with van der Waals surface area (Å²) < 4.78 is 0. The number of nitrogens with zero attached hydrogens (tertiary/aromatic N) is 1. The van der Waals surface area contributed by atoms with Crippen molar-refractivity contribution in [3.05, 3.63) is 0 Å². The van der Waals surface area contributed by atoms with Crippen molar-refractivity contribution in [2.75, 3.05) is 19.7 Å². The molecule has 100 valence electrons. The van der Waals surface area contributed by atoms with Crippen LogP contribution in [-0.4, -0.2) is 41.8 Å². The van der Waals surface area contributed by atoms with Crippen molar-refractivity contribution in [3.8, 4) is 0 Å². The summed E-state index contributed by atoms with van der Waals surface area (Å²) in [6, 6.07) is 0.307. The van der Waals surface area contributed by atoms with Crippen LogP contribution in [0, 0.1) is 17.8 Å². The molecular weight excluding hydrogens is 212 g/mol. The molecule has 1 aliphatic carbocycles. The van der Waals surface area contributed by atoms with Gasteiger partial charge in [0.1, 0.15) is 0 Å². The maximum atomic E-state index is 9.61. The predicted molar refractivity (Wildman–Crippen MR) is 70.7 cm³/mol. The molecule has 0 aromatic carbocycles. The molecule has 3 N–H and O–H groups in total. The Kier molecular flexibility index (Phi) is 4.45. The van der Waals surface area contributed by atoms with Gasteiger partial charge in [0, 0.05) is 25.2 Å². The number of nitrogens with two attached hydrogens (primary N) is 1. The SMILES string of the molecule is CC(C)CC(N)C(CO)N1CC2CCCC2C1. The van der Waals surface area contributed by atoms with Crippen LogP contribution in [0.4, 0.5) is 0 Å². The molecule has 1 heterocycles. The largest absolute Gasteiger partial charge is 0.395 e. The standard InChI is InChI=1S/C14H28N2O/c1-10(2)6-13(15)14(9-17)16-7-11-4-3-5-12(11)8-16/h10-14,17H,3-9,15H2,1-2H3. The van der Waals surface area contributed by atoms with E-state index in [9.17, 15) is 5.11 Å². The molecule has 0 radical (unpaired) electrons. The molecule has 4 unspecified atom stereocenters. The molecule has 0 aromatic heterocycles. The zero-order chi connectivity index (χ0) is 12.4. The molecule has 1 aliphatic heterocycles. The van der Waals surface area contributed by atoms with Crippen molar-refractivity contribution in [3.63, 3.8) is 0 Å². The van der Waals surface area contributed by atoms with Crippen LogP contribution in [0.2, 0.25) is 0 Å². The first-order valence-corrected chi connectivity index (χ1v) is 7.22. The summed E-state index contributed by atoms with van der Waals surface area (Å²) in [4.78, 5) is 2.46. The minimum Gasteiger partial charge on any atom is -0.395 e. The van der Waals surface area contributed by atoms with Gasteiger partial charge in [-0.25, -0.2) is 0 Å². The molecule has 4 atom stereocenters. The van der Waals surface area contributed by atoms with Gasteiger partial charge in [-0.15, -0.1) is 0 Å².